The standard InChI is InChI=1S/C16H17FN2O6/c17-10-6-19(16(23)18-14(10)22)15-13(12(21)11(7-20)25-15)24-8-9-4-2-1-3-5-9/h1-6,11-13,15,20-21H,7-8H2,(H,18,22,23)/t11-,12-,13-,15-/m1/s1. The highest BCUT2D eigenvalue weighted by Gasteiger charge is 2.45. The second kappa shape index (κ2) is 7.28. The molecule has 1 fully saturated rings. The molecule has 1 aromatic heterocycles. The highest BCUT2D eigenvalue weighted by molar-refractivity contribution is 5.13. The average Bonchev–Trinajstić information content (AvgIpc) is 2.93. The van der Waals surface area contributed by atoms with Gasteiger partial charge in [0.05, 0.1) is 19.4 Å². The molecule has 1 aliphatic heterocycles. The Bertz CT molecular complexity index is 837. The number of halogens is 1. The van der Waals surface area contributed by atoms with Gasteiger partial charge in [0, 0.05) is 0 Å². The first-order valence-electron chi connectivity index (χ1n) is 7.62. The molecule has 0 amide bonds. The van der Waals surface area contributed by atoms with Crippen molar-refractivity contribution in [1.29, 1.82) is 0 Å². The van der Waals surface area contributed by atoms with Gasteiger partial charge in [0.15, 0.2) is 6.23 Å². The first-order chi connectivity index (χ1) is 12.0. The van der Waals surface area contributed by atoms with Gasteiger partial charge in [-0.3, -0.25) is 14.3 Å². The summed E-state index contributed by atoms with van der Waals surface area (Å²) in [7, 11) is 0. The Labute approximate surface area is 141 Å². The fourth-order valence-corrected chi connectivity index (χ4v) is 2.69. The SMILES string of the molecule is O=c1[nH]c(=O)n([C@@H]2O[C@H](CO)[C@@H](O)[C@H]2OCc2ccccc2)cc1F. The molecule has 0 radical (unpaired) electrons. The number of hydrogen-bond donors (Lipinski definition) is 3. The van der Waals surface area contributed by atoms with Crippen LogP contribution in [0.2, 0.25) is 0 Å². The molecule has 3 N–H and O–H groups in total. The number of rotatable bonds is 5. The fraction of sp³-hybridized carbons (Fsp3) is 0.375. The van der Waals surface area contributed by atoms with E-state index in [1.54, 1.807) is 0 Å². The van der Waals surface area contributed by atoms with Crippen LogP contribution in [0.3, 0.4) is 0 Å². The molecule has 25 heavy (non-hydrogen) atoms. The van der Waals surface area contributed by atoms with Crippen LogP contribution < -0.4 is 11.2 Å². The Morgan fingerprint density at radius 3 is 2.68 bits per heavy atom. The van der Waals surface area contributed by atoms with Gasteiger partial charge in [-0.2, -0.15) is 4.39 Å². The maximum absolute atomic E-state index is 13.6. The number of benzene rings is 1. The van der Waals surface area contributed by atoms with Gasteiger partial charge in [0.25, 0.3) is 5.56 Å². The van der Waals surface area contributed by atoms with E-state index in [1.165, 1.54) is 0 Å². The summed E-state index contributed by atoms with van der Waals surface area (Å²) >= 11 is 0. The molecule has 1 aromatic carbocycles. The van der Waals surface area contributed by atoms with Crippen molar-refractivity contribution < 1.29 is 24.1 Å². The third-order valence-electron chi connectivity index (χ3n) is 3.98. The van der Waals surface area contributed by atoms with Crippen molar-refractivity contribution in [3.05, 3.63) is 68.7 Å². The van der Waals surface area contributed by atoms with Crippen LogP contribution in [0.25, 0.3) is 0 Å². The summed E-state index contributed by atoms with van der Waals surface area (Å²) < 4.78 is 25.5. The highest BCUT2D eigenvalue weighted by Crippen LogP contribution is 2.31. The van der Waals surface area contributed by atoms with E-state index in [-0.39, 0.29) is 6.61 Å². The molecule has 0 aliphatic carbocycles. The van der Waals surface area contributed by atoms with Crippen molar-refractivity contribution in [2.24, 2.45) is 0 Å². The molecule has 0 bridgehead atoms. The van der Waals surface area contributed by atoms with Gasteiger partial charge in [-0.15, -0.1) is 0 Å². The van der Waals surface area contributed by atoms with E-state index >= 15 is 0 Å². The summed E-state index contributed by atoms with van der Waals surface area (Å²) in [6.07, 6.45) is -3.79. The number of aromatic amines is 1. The van der Waals surface area contributed by atoms with Gasteiger partial charge in [0.1, 0.15) is 18.3 Å². The van der Waals surface area contributed by atoms with E-state index in [0.717, 1.165) is 10.1 Å². The number of nitrogens with one attached hydrogen (secondary N) is 1. The second-order valence-electron chi connectivity index (χ2n) is 5.64. The minimum atomic E-state index is -1.24. The monoisotopic (exact) mass is 352 g/mol. The molecule has 0 spiro atoms. The predicted octanol–water partition coefficient (Wildman–Crippen LogP) is -0.488. The van der Waals surface area contributed by atoms with Gasteiger partial charge in [-0.1, -0.05) is 30.3 Å². The minimum Gasteiger partial charge on any atom is -0.394 e. The molecule has 4 atom stereocenters. The van der Waals surface area contributed by atoms with Crippen LogP contribution >= 0.6 is 0 Å². The molecule has 2 heterocycles. The van der Waals surface area contributed by atoms with Crippen LogP contribution in [-0.4, -0.2) is 44.7 Å². The third kappa shape index (κ3) is 3.54. The lowest BCUT2D eigenvalue weighted by Crippen LogP contribution is -2.40. The van der Waals surface area contributed by atoms with Crippen LogP contribution in [0, 0.1) is 5.82 Å². The van der Waals surface area contributed by atoms with Crippen molar-refractivity contribution in [2.45, 2.75) is 31.1 Å². The minimum absolute atomic E-state index is 0.112. The van der Waals surface area contributed by atoms with Crippen LogP contribution in [0.5, 0.6) is 0 Å². The Hall–Kier alpha value is -2.33. The average molecular weight is 352 g/mol. The molecule has 9 heteroatoms. The van der Waals surface area contributed by atoms with Gasteiger partial charge < -0.3 is 19.7 Å². The number of H-pyrrole nitrogens is 1. The molecule has 8 nitrogen and oxygen atoms in total. The van der Waals surface area contributed by atoms with Crippen LogP contribution in [0.15, 0.2) is 46.1 Å². The lowest BCUT2D eigenvalue weighted by Gasteiger charge is -2.22. The van der Waals surface area contributed by atoms with Crippen LogP contribution in [0.1, 0.15) is 11.8 Å². The van der Waals surface area contributed by atoms with Crippen molar-refractivity contribution in [3.63, 3.8) is 0 Å². The Morgan fingerprint density at radius 2 is 2.00 bits per heavy atom. The van der Waals surface area contributed by atoms with Crippen molar-refractivity contribution >= 4 is 0 Å². The molecule has 134 valence electrons. The molecular formula is C16H17FN2O6. The lowest BCUT2D eigenvalue weighted by atomic mass is 10.1. The van der Waals surface area contributed by atoms with Crippen LogP contribution in [-0.2, 0) is 16.1 Å². The lowest BCUT2D eigenvalue weighted by molar-refractivity contribution is -0.0801. The fourth-order valence-electron chi connectivity index (χ4n) is 2.69. The highest BCUT2D eigenvalue weighted by atomic mass is 19.1. The van der Waals surface area contributed by atoms with E-state index in [4.69, 9.17) is 9.47 Å². The third-order valence-corrected chi connectivity index (χ3v) is 3.98. The van der Waals surface area contributed by atoms with E-state index in [9.17, 15) is 24.2 Å². The molecule has 3 rings (SSSR count). The smallest absolute Gasteiger partial charge is 0.330 e. The summed E-state index contributed by atoms with van der Waals surface area (Å²) in [5.41, 5.74) is -1.24. The summed E-state index contributed by atoms with van der Waals surface area (Å²) in [4.78, 5) is 25.0. The van der Waals surface area contributed by atoms with Gasteiger partial charge in [-0.05, 0) is 5.56 Å². The Balaban J connectivity index is 1.89. The topological polar surface area (TPSA) is 114 Å². The van der Waals surface area contributed by atoms with Gasteiger partial charge in [-0.25, -0.2) is 4.79 Å². The second-order valence-corrected chi connectivity index (χ2v) is 5.64. The van der Waals surface area contributed by atoms with Crippen molar-refractivity contribution in [1.82, 2.24) is 9.55 Å². The normalized spacial score (nSPS) is 26.0. The van der Waals surface area contributed by atoms with E-state index < -0.39 is 48.2 Å². The first kappa shape index (κ1) is 17.5. The maximum atomic E-state index is 13.6. The maximum Gasteiger partial charge on any atom is 0.330 e. The van der Waals surface area contributed by atoms with Gasteiger partial charge in [0.2, 0.25) is 5.82 Å². The van der Waals surface area contributed by atoms with Gasteiger partial charge >= 0.3 is 5.69 Å². The van der Waals surface area contributed by atoms with E-state index in [2.05, 4.69) is 0 Å². The first-order valence-corrected chi connectivity index (χ1v) is 7.62. The molecule has 0 unspecified atom stereocenters. The molecule has 1 aliphatic rings. The van der Waals surface area contributed by atoms with E-state index in [1.807, 2.05) is 35.3 Å². The summed E-state index contributed by atoms with van der Waals surface area (Å²) in [5.74, 6) is -1.17. The zero-order chi connectivity index (χ0) is 18.0. The summed E-state index contributed by atoms with van der Waals surface area (Å²) in [6, 6.07) is 9.09. The number of hydrogen-bond acceptors (Lipinski definition) is 6. The van der Waals surface area contributed by atoms with Crippen molar-refractivity contribution in [2.75, 3.05) is 6.61 Å². The zero-order valence-electron chi connectivity index (χ0n) is 13.0. The molecule has 1 saturated heterocycles. The number of aliphatic hydroxyl groups is 2. The quantitative estimate of drug-likeness (QED) is 0.669. The summed E-state index contributed by atoms with van der Waals surface area (Å²) in [5, 5.41) is 19.6. The zero-order valence-corrected chi connectivity index (χ0v) is 13.0. The van der Waals surface area contributed by atoms with Crippen LogP contribution in [0.4, 0.5) is 4.39 Å². The molecule has 0 saturated carbocycles. The predicted molar refractivity (Wildman–Crippen MR) is 83.3 cm³/mol. The molecule has 2 aromatic rings. The number of aromatic nitrogens is 2. The summed E-state index contributed by atoms with van der Waals surface area (Å²) in [6.45, 7) is -0.398. The van der Waals surface area contributed by atoms with E-state index in [0.29, 0.717) is 6.20 Å². The van der Waals surface area contributed by atoms with Crippen molar-refractivity contribution in [3.8, 4) is 0 Å². The number of aliphatic hydroxyl groups excluding tert-OH is 2. The molecular weight excluding hydrogens is 335 g/mol. The number of nitrogens with zero attached hydrogens (tertiary/aromatic N) is 1. The Kier molecular flexibility index (Phi) is 5.09. The largest absolute Gasteiger partial charge is 0.394 e. The Morgan fingerprint density at radius 1 is 1.28 bits per heavy atom. The number of ether oxygens (including phenoxy) is 2.